The van der Waals surface area contributed by atoms with E-state index in [9.17, 15) is 18.0 Å². The molecule has 0 aliphatic rings. The first-order valence-electron chi connectivity index (χ1n) is 12.2. The van der Waals surface area contributed by atoms with Gasteiger partial charge in [0.1, 0.15) is 18.3 Å². The second-order valence-corrected chi connectivity index (χ2v) is 11.4. The number of para-hydroxylation sites is 2. The average molecular weight is 573 g/mol. The molecule has 2 aromatic rings. The Morgan fingerprint density at radius 3 is 2.30 bits per heavy atom. The largest absolute Gasteiger partial charge is 0.492 e. The predicted octanol–water partition coefficient (Wildman–Crippen LogP) is 4.88. The van der Waals surface area contributed by atoms with E-state index in [1.165, 1.54) is 4.90 Å². The summed E-state index contributed by atoms with van der Waals surface area (Å²) in [6.07, 6.45) is 2.05. The molecule has 1 N–H and O–H groups in total. The third-order valence-electron chi connectivity index (χ3n) is 5.86. The van der Waals surface area contributed by atoms with E-state index in [0.29, 0.717) is 34.4 Å². The van der Waals surface area contributed by atoms with Gasteiger partial charge in [-0.2, -0.15) is 0 Å². The Labute approximate surface area is 229 Å². The van der Waals surface area contributed by atoms with Gasteiger partial charge in [0.15, 0.2) is 0 Å². The number of sulfonamides is 1. The summed E-state index contributed by atoms with van der Waals surface area (Å²) in [7, 11) is -3.89. The number of nitrogens with one attached hydrogen (secondary N) is 1. The van der Waals surface area contributed by atoms with E-state index in [1.54, 1.807) is 56.3 Å². The van der Waals surface area contributed by atoms with Crippen molar-refractivity contribution in [3.63, 3.8) is 0 Å². The number of hydrogen-bond acceptors (Lipinski definition) is 5. The van der Waals surface area contributed by atoms with Crippen LogP contribution in [0, 0.1) is 0 Å². The number of benzene rings is 2. The van der Waals surface area contributed by atoms with Crippen LogP contribution < -0.4 is 14.4 Å². The lowest BCUT2D eigenvalue weighted by atomic mass is 10.1. The standard InChI is InChI=1S/C26H35Cl2N3O5S/c1-6-18(4)29-26(33)22(7-2)30(16-19-13-14-20(27)15-21(19)28)25(32)17-31(37(5,34)35)23-11-9-10-12-24(23)36-8-3/h9-15,18,22H,6-8,16-17H2,1-5H3,(H,29,33)/t18-,22-/m0/s1. The lowest BCUT2D eigenvalue weighted by molar-refractivity contribution is -0.140. The molecular weight excluding hydrogens is 537 g/mol. The highest BCUT2D eigenvalue weighted by Crippen LogP contribution is 2.30. The van der Waals surface area contributed by atoms with E-state index in [2.05, 4.69) is 5.32 Å². The number of nitrogens with zero attached hydrogens (tertiary/aromatic N) is 2. The molecule has 2 atom stereocenters. The Kier molecular flexibility index (Phi) is 11.5. The summed E-state index contributed by atoms with van der Waals surface area (Å²) in [6.45, 7) is 7.19. The molecule has 2 rings (SSSR count). The second kappa shape index (κ2) is 13.9. The molecule has 0 saturated heterocycles. The maximum Gasteiger partial charge on any atom is 0.244 e. The summed E-state index contributed by atoms with van der Waals surface area (Å²) >= 11 is 12.4. The average Bonchev–Trinajstić information content (AvgIpc) is 2.83. The zero-order chi connectivity index (χ0) is 27.8. The molecule has 8 nitrogen and oxygen atoms in total. The monoisotopic (exact) mass is 571 g/mol. The van der Waals surface area contributed by atoms with Gasteiger partial charge in [0.25, 0.3) is 0 Å². The zero-order valence-electron chi connectivity index (χ0n) is 21.8. The van der Waals surface area contributed by atoms with Crippen LogP contribution in [0.3, 0.4) is 0 Å². The zero-order valence-corrected chi connectivity index (χ0v) is 24.2. The van der Waals surface area contributed by atoms with Crippen molar-refractivity contribution in [2.75, 3.05) is 23.7 Å². The minimum Gasteiger partial charge on any atom is -0.492 e. The van der Waals surface area contributed by atoms with Crippen LogP contribution in [-0.2, 0) is 26.2 Å². The third-order valence-corrected chi connectivity index (χ3v) is 7.57. The summed E-state index contributed by atoms with van der Waals surface area (Å²) in [4.78, 5) is 28.4. The molecule has 0 aliphatic carbocycles. The summed E-state index contributed by atoms with van der Waals surface area (Å²) in [5.74, 6) is -0.554. The van der Waals surface area contributed by atoms with Crippen LogP contribution in [0.4, 0.5) is 5.69 Å². The van der Waals surface area contributed by atoms with Crippen molar-refractivity contribution in [2.24, 2.45) is 0 Å². The molecule has 37 heavy (non-hydrogen) atoms. The van der Waals surface area contributed by atoms with Crippen molar-refractivity contribution in [3.8, 4) is 5.75 Å². The number of rotatable bonds is 13. The molecule has 0 heterocycles. The molecule has 0 saturated carbocycles. The van der Waals surface area contributed by atoms with Crippen molar-refractivity contribution in [1.82, 2.24) is 10.2 Å². The number of amides is 2. The SMILES string of the molecule is CCOc1ccccc1N(CC(=O)N(Cc1ccc(Cl)cc1Cl)[C@@H](CC)C(=O)N[C@@H](C)CC)S(C)(=O)=O. The molecule has 11 heteroatoms. The van der Waals surface area contributed by atoms with Gasteiger partial charge in [0, 0.05) is 22.6 Å². The number of carbonyl (C=O) groups is 2. The summed E-state index contributed by atoms with van der Waals surface area (Å²) in [6, 6.07) is 10.5. The van der Waals surface area contributed by atoms with Gasteiger partial charge >= 0.3 is 0 Å². The van der Waals surface area contributed by atoms with E-state index in [0.717, 1.165) is 17.0 Å². The molecule has 2 amide bonds. The maximum absolute atomic E-state index is 13.8. The van der Waals surface area contributed by atoms with E-state index in [4.69, 9.17) is 27.9 Å². The highest BCUT2D eigenvalue weighted by atomic mass is 35.5. The van der Waals surface area contributed by atoms with Crippen LogP contribution in [0.5, 0.6) is 5.75 Å². The van der Waals surface area contributed by atoms with Crippen molar-refractivity contribution < 1.29 is 22.7 Å². The van der Waals surface area contributed by atoms with E-state index < -0.39 is 28.5 Å². The number of carbonyl (C=O) groups excluding carboxylic acids is 2. The van der Waals surface area contributed by atoms with Gasteiger partial charge in [-0.15, -0.1) is 0 Å². The molecule has 0 radical (unpaired) electrons. The van der Waals surface area contributed by atoms with Gasteiger partial charge < -0.3 is 15.0 Å². The molecule has 0 spiro atoms. The third kappa shape index (κ3) is 8.51. The van der Waals surface area contributed by atoms with Crippen molar-refractivity contribution >= 4 is 50.7 Å². The first-order valence-corrected chi connectivity index (χ1v) is 14.8. The quantitative estimate of drug-likeness (QED) is 0.369. The summed E-state index contributed by atoms with van der Waals surface area (Å²) < 4.78 is 32.3. The fourth-order valence-corrected chi connectivity index (χ4v) is 5.05. The topological polar surface area (TPSA) is 96.0 Å². The van der Waals surface area contributed by atoms with Crippen molar-refractivity contribution in [3.05, 3.63) is 58.1 Å². The second-order valence-electron chi connectivity index (χ2n) is 8.67. The smallest absolute Gasteiger partial charge is 0.244 e. The normalized spacial score (nSPS) is 12.9. The van der Waals surface area contributed by atoms with Gasteiger partial charge in [-0.3, -0.25) is 13.9 Å². The van der Waals surface area contributed by atoms with Gasteiger partial charge in [-0.1, -0.05) is 55.2 Å². The van der Waals surface area contributed by atoms with E-state index in [-0.39, 0.29) is 24.2 Å². The first kappa shape index (κ1) is 30.7. The number of halogens is 2. The first-order chi connectivity index (χ1) is 17.4. The molecule has 0 aromatic heterocycles. The molecule has 0 fully saturated rings. The van der Waals surface area contributed by atoms with Crippen LogP contribution in [0.25, 0.3) is 0 Å². The van der Waals surface area contributed by atoms with Gasteiger partial charge in [-0.05, 0) is 56.5 Å². The fourth-order valence-electron chi connectivity index (χ4n) is 3.73. The van der Waals surface area contributed by atoms with Crippen molar-refractivity contribution in [1.29, 1.82) is 0 Å². The number of anilines is 1. The van der Waals surface area contributed by atoms with Gasteiger partial charge in [-0.25, -0.2) is 8.42 Å². The number of hydrogen-bond donors (Lipinski definition) is 1. The Morgan fingerprint density at radius 1 is 1.05 bits per heavy atom. The van der Waals surface area contributed by atoms with Crippen LogP contribution in [-0.4, -0.2) is 56.6 Å². The Bertz CT molecular complexity index is 1190. The molecule has 0 aliphatic heterocycles. The summed E-state index contributed by atoms with van der Waals surface area (Å²) in [5.41, 5.74) is 0.816. The molecular formula is C26H35Cl2N3O5S. The van der Waals surface area contributed by atoms with Crippen LogP contribution in [0.1, 0.15) is 46.1 Å². The molecule has 0 bridgehead atoms. The van der Waals surface area contributed by atoms with Crippen LogP contribution in [0.2, 0.25) is 10.0 Å². The van der Waals surface area contributed by atoms with E-state index in [1.807, 2.05) is 13.8 Å². The minimum absolute atomic E-state index is 0.00796. The predicted molar refractivity (Wildman–Crippen MR) is 149 cm³/mol. The lowest BCUT2D eigenvalue weighted by Gasteiger charge is -2.33. The molecule has 2 aromatic carbocycles. The Morgan fingerprint density at radius 2 is 1.73 bits per heavy atom. The lowest BCUT2D eigenvalue weighted by Crippen LogP contribution is -2.53. The fraction of sp³-hybridized carbons (Fsp3) is 0.462. The van der Waals surface area contributed by atoms with Crippen LogP contribution >= 0.6 is 23.2 Å². The Hall–Kier alpha value is -2.49. The Balaban J connectivity index is 2.52. The van der Waals surface area contributed by atoms with Crippen LogP contribution in [0.15, 0.2) is 42.5 Å². The van der Waals surface area contributed by atoms with Gasteiger partial charge in [0.2, 0.25) is 21.8 Å². The van der Waals surface area contributed by atoms with Gasteiger partial charge in [0.05, 0.1) is 18.6 Å². The summed E-state index contributed by atoms with van der Waals surface area (Å²) in [5, 5.41) is 3.70. The molecule has 204 valence electrons. The molecule has 0 unspecified atom stereocenters. The highest BCUT2D eigenvalue weighted by Gasteiger charge is 2.33. The minimum atomic E-state index is -3.89. The number of ether oxygens (including phenoxy) is 1. The van der Waals surface area contributed by atoms with Crippen molar-refractivity contribution in [2.45, 2.75) is 59.2 Å². The highest BCUT2D eigenvalue weighted by molar-refractivity contribution is 7.92. The van der Waals surface area contributed by atoms with E-state index >= 15 is 0 Å². The maximum atomic E-state index is 13.8.